The molecular formula is C25H29NO5S. The Kier molecular flexibility index (Phi) is 9.07. The molecule has 7 heteroatoms. The summed E-state index contributed by atoms with van der Waals surface area (Å²) < 4.78 is 37.8. The van der Waals surface area contributed by atoms with E-state index in [2.05, 4.69) is 17.1 Å². The molecule has 6 nitrogen and oxygen atoms in total. The van der Waals surface area contributed by atoms with E-state index in [1.165, 1.54) is 5.56 Å². The van der Waals surface area contributed by atoms with E-state index in [1.807, 2.05) is 54.6 Å². The number of aromatic nitrogens is 1. The van der Waals surface area contributed by atoms with Gasteiger partial charge in [0.1, 0.15) is 24.3 Å². The number of rotatable bonds is 13. The van der Waals surface area contributed by atoms with Gasteiger partial charge in [-0.25, -0.2) is 4.98 Å². The standard InChI is InChI=1S/C25H29NO5S/c1-32(27,28)31-18-8-3-2-5-11-22-12-15-24(16-13-22)29-19-23-20-30-25(26-23)17-14-21-9-6-4-7-10-21/h4,6-7,9-10,12-17,20H,2-3,5,8,11,18-19H2,1H3. The number of unbranched alkanes of at least 4 members (excludes halogenated alkanes) is 3. The van der Waals surface area contributed by atoms with Crippen molar-refractivity contribution in [1.29, 1.82) is 0 Å². The minimum Gasteiger partial charge on any atom is -0.487 e. The number of nitrogens with zero attached hydrogens (tertiary/aromatic N) is 1. The number of ether oxygens (including phenoxy) is 1. The Balaban J connectivity index is 1.34. The van der Waals surface area contributed by atoms with Crippen molar-refractivity contribution in [3.05, 3.63) is 83.6 Å². The smallest absolute Gasteiger partial charge is 0.264 e. The first-order valence-electron chi connectivity index (χ1n) is 10.7. The van der Waals surface area contributed by atoms with Gasteiger partial charge in [-0.2, -0.15) is 8.42 Å². The zero-order valence-electron chi connectivity index (χ0n) is 18.3. The molecule has 0 aliphatic heterocycles. The van der Waals surface area contributed by atoms with Crippen LogP contribution in [0, 0.1) is 0 Å². The van der Waals surface area contributed by atoms with Gasteiger partial charge in [-0.15, -0.1) is 0 Å². The topological polar surface area (TPSA) is 78.6 Å². The molecular weight excluding hydrogens is 426 g/mol. The van der Waals surface area contributed by atoms with Crippen LogP contribution in [0.25, 0.3) is 12.2 Å². The van der Waals surface area contributed by atoms with Gasteiger partial charge in [0.15, 0.2) is 0 Å². The summed E-state index contributed by atoms with van der Waals surface area (Å²) in [6.07, 6.45) is 11.3. The molecule has 0 saturated heterocycles. The van der Waals surface area contributed by atoms with Crippen LogP contribution in [0.3, 0.4) is 0 Å². The Morgan fingerprint density at radius 2 is 1.69 bits per heavy atom. The first kappa shape index (κ1) is 23.8. The highest BCUT2D eigenvalue weighted by atomic mass is 32.2. The lowest BCUT2D eigenvalue weighted by molar-refractivity contribution is 0.301. The van der Waals surface area contributed by atoms with E-state index < -0.39 is 10.1 Å². The van der Waals surface area contributed by atoms with Crippen LogP contribution < -0.4 is 4.74 Å². The Hall–Kier alpha value is -2.90. The van der Waals surface area contributed by atoms with Crippen LogP contribution >= 0.6 is 0 Å². The average Bonchev–Trinajstić information content (AvgIpc) is 3.24. The fourth-order valence-electron chi connectivity index (χ4n) is 3.10. The van der Waals surface area contributed by atoms with Crippen LogP contribution in [0.15, 0.2) is 65.3 Å². The minimum absolute atomic E-state index is 0.265. The lowest BCUT2D eigenvalue weighted by Gasteiger charge is -2.06. The monoisotopic (exact) mass is 455 g/mol. The van der Waals surface area contributed by atoms with E-state index in [1.54, 1.807) is 6.26 Å². The van der Waals surface area contributed by atoms with Crippen molar-refractivity contribution in [3.8, 4) is 5.75 Å². The predicted octanol–water partition coefficient (Wildman–Crippen LogP) is 5.50. The highest BCUT2D eigenvalue weighted by Gasteiger charge is 2.04. The van der Waals surface area contributed by atoms with Gasteiger partial charge in [0, 0.05) is 6.08 Å². The van der Waals surface area contributed by atoms with Gasteiger partial charge in [0.25, 0.3) is 10.1 Å². The molecule has 32 heavy (non-hydrogen) atoms. The maximum atomic E-state index is 10.9. The highest BCUT2D eigenvalue weighted by molar-refractivity contribution is 7.85. The van der Waals surface area contributed by atoms with Gasteiger partial charge < -0.3 is 9.15 Å². The Morgan fingerprint density at radius 1 is 0.938 bits per heavy atom. The van der Waals surface area contributed by atoms with Crippen molar-refractivity contribution < 1.29 is 21.8 Å². The summed E-state index contributed by atoms with van der Waals surface area (Å²) in [6, 6.07) is 18.1. The van der Waals surface area contributed by atoms with Gasteiger partial charge in [-0.3, -0.25) is 4.18 Å². The van der Waals surface area contributed by atoms with E-state index in [0.29, 0.717) is 12.5 Å². The third kappa shape index (κ3) is 9.08. The predicted molar refractivity (Wildman–Crippen MR) is 126 cm³/mol. The summed E-state index contributed by atoms with van der Waals surface area (Å²) in [7, 11) is -3.32. The first-order valence-corrected chi connectivity index (χ1v) is 12.5. The highest BCUT2D eigenvalue weighted by Crippen LogP contribution is 2.17. The van der Waals surface area contributed by atoms with Crippen LogP contribution in [0.5, 0.6) is 5.75 Å². The van der Waals surface area contributed by atoms with Crippen molar-refractivity contribution in [3.63, 3.8) is 0 Å². The second-order valence-corrected chi connectivity index (χ2v) is 9.19. The molecule has 1 heterocycles. The lowest BCUT2D eigenvalue weighted by Crippen LogP contribution is -2.03. The molecule has 0 amide bonds. The summed E-state index contributed by atoms with van der Waals surface area (Å²) >= 11 is 0. The van der Waals surface area contributed by atoms with Crippen molar-refractivity contribution in [2.24, 2.45) is 0 Å². The van der Waals surface area contributed by atoms with E-state index in [0.717, 1.165) is 55.4 Å². The zero-order valence-corrected chi connectivity index (χ0v) is 19.1. The number of hydrogen-bond donors (Lipinski definition) is 0. The van der Waals surface area contributed by atoms with Gasteiger partial charge >= 0.3 is 0 Å². The van der Waals surface area contributed by atoms with E-state index >= 15 is 0 Å². The summed E-state index contributed by atoms with van der Waals surface area (Å²) in [5.74, 6) is 1.33. The molecule has 0 fully saturated rings. The van der Waals surface area contributed by atoms with Gasteiger partial charge in [-0.05, 0) is 48.6 Å². The lowest BCUT2D eigenvalue weighted by atomic mass is 10.1. The third-order valence-corrected chi connectivity index (χ3v) is 5.35. The number of benzene rings is 2. The molecule has 0 bridgehead atoms. The van der Waals surface area contributed by atoms with Gasteiger partial charge in [0.05, 0.1) is 12.9 Å². The molecule has 0 atom stereocenters. The summed E-state index contributed by atoms with van der Waals surface area (Å²) in [5, 5.41) is 0. The van der Waals surface area contributed by atoms with Crippen LogP contribution in [-0.4, -0.2) is 26.3 Å². The van der Waals surface area contributed by atoms with Crippen molar-refractivity contribution in [2.45, 2.75) is 38.7 Å². The third-order valence-electron chi connectivity index (χ3n) is 4.75. The van der Waals surface area contributed by atoms with Gasteiger partial charge in [0.2, 0.25) is 5.89 Å². The molecule has 0 aliphatic carbocycles. The fourth-order valence-corrected chi connectivity index (χ4v) is 3.52. The molecule has 0 N–H and O–H groups in total. The molecule has 3 aromatic rings. The molecule has 0 spiro atoms. The second kappa shape index (κ2) is 12.2. The SMILES string of the molecule is CS(=O)(=O)OCCCCCCc1ccc(OCc2coc(C=Cc3ccccc3)n2)cc1. The molecule has 3 rings (SSSR count). The summed E-state index contributed by atoms with van der Waals surface area (Å²) in [6.45, 7) is 0.610. The van der Waals surface area contributed by atoms with Crippen LogP contribution in [-0.2, 0) is 27.3 Å². The molecule has 0 unspecified atom stereocenters. The maximum Gasteiger partial charge on any atom is 0.264 e. The maximum absolute atomic E-state index is 10.9. The van der Waals surface area contributed by atoms with E-state index in [-0.39, 0.29) is 6.61 Å². The second-order valence-electron chi connectivity index (χ2n) is 7.54. The molecule has 170 valence electrons. The Morgan fingerprint density at radius 3 is 2.44 bits per heavy atom. The van der Waals surface area contributed by atoms with Gasteiger partial charge in [-0.1, -0.05) is 55.3 Å². The molecule has 1 aromatic heterocycles. The molecule has 0 saturated carbocycles. The molecule has 0 radical (unpaired) electrons. The quantitative estimate of drug-likeness (QED) is 0.250. The first-order chi connectivity index (χ1) is 15.5. The summed E-state index contributed by atoms with van der Waals surface area (Å²) in [4.78, 5) is 4.42. The molecule has 0 aliphatic rings. The minimum atomic E-state index is -3.32. The Bertz CT molecular complexity index is 1070. The van der Waals surface area contributed by atoms with Crippen LogP contribution in [0.4, 0.5) is 0 Å². The largest absolute Gasteiger partial charge is 0.487 e. The van der Waals surface area contributed by atoms with Crippen molar-refractivity contribution in [2.75, 3.05) is 12.9 Å². The van der Waals surface area contributed by atoms with Crippen molar-refractivity contribution in [1.82, 2.24) is 4.98 Å². The van der Waals surface area contributed by atoms with Crippen LogP contribution in [0.2, 0.25) is 0 Å². The zero-order chi connectivity index (χ0) is 22.7. The van der Waals surface area contributed by atoms with Crippen molar-refractivity contribution >= 4 is 22.3 Å². The fraction of sp³-hybridized carbons (Fsp3) is 0.320. The van der Waals surface area contributed by atoms with Crippen LogP contribution in [0.1, 0.15) is 48.4 Å². The average molecular weight is 456 g/mol. The molecule has 2 aromatic carbocycles. The van der Waals surface area contributed by atoms with E-state index in [9.17, 15) is 8.42 Å². The normalized spacial score (nSPS) is 11.8. The summed E-state index contributed by atoms with van der Waals surface area (Å²) in [5.41, 5.74) is 3.07. The Labute approximate surface area is 190 Å². The number of aryl methyl sites for hydroxylation is 1. The number of oxazole rings is 1. The van der Waals surface area contributed by atoms with E-state index in [4.69, 9.17) is 13.3 Å². The number of hydrogen-bond acceptors (Lipinski definition) is 6.